The van der Waals surface area contributed by atoms with Crippen LogP contribution in [0.5, 0.6) is 0 Å². The number of amides is 3. The van der Waals surface area contributed by atoms with E-state index in [0.29, 0.717) is 19.6 Å². The Balaban J connectivity index is 1.78. The van der Waals surface area contributed by atoms with Crippen LogP contribution < -0.4 is 0 Å². The van der Waals surface area contributed by atoms with Crippen molar-refractivity contribution >= 4 is 35.0 Å². The van der Waals surface area contributed by atoms with Crippen LogP contribution in [-0.2, 0) is 41.6 Å². The molecule has 3 amide bonds. The van der Waals surface area contributed by atoms with Gasteiger partial charge in [0, 0.05) is 38.2 Å². The molecule has 9 nitrogen and oxygen atoms in total. The van der Waals surface area contributed by atoms with Crippen molar-refractivity contribution in [2.75, 3.05) is 46.5 Å². The highest BCUT2D eigenvalue weighted by Crippen LogP contribution is 2.20. The highest BCUT2D eigenvalue weighted by Gasteiger charge is 2.40. The minimum Gasteiger partial charge on any atom is -0.466 e. The molecule has 1 atom stereocenters. The minimum absolute atomic E-state index is 0.0338. The smallest absolute Gasteiger partial charge is 0.307 e. The molecule has 1 unspecified atom stereocenters. The van der Waals surface area contributed by atoms with Crippen LogP contribution in [0.4, 0.5) is 0 Å². The maximum atomic E-state index is 13.6. The molecule has 2 heterocycles. The van der Waals surface area contributed by atoms with Gasteiger partial charge in [0.05, 0.1) is 32.6 Å². The Hall–Kier alpha value is -3.24. The van der Waals surface area contributed by atoms with Crippen molar-refractivity contribution in [3.05, 3.63) is 58.3 Å². The first-order valence-electron chi connectivity index (χ1n) is 12.5. The standard InChI is InChI=1S/C27H35N3O6S/c1-3-36-26(33)12-13-28(19-21-8-5-4-6-9-21)24(31)18-23-27(34)29(15-16-35-2)20-25(32)30(23)14-11-22-10-7-17-37-22/h4-10,17,23H,3,11-16,18-20H2,1-2H3. The van der Waals surface area contributed by atoms with E-state index >= 15 is 0 Å². The van der Waals surface area contributed by atoms with Gasteiger partial charge in [-0.2, -0.15) is 0 Å². The van der Waals surface area contributed by atoms with Gasteiger partial charge in [0.2, 0.25) is 17.7 Å². The van der Waals surface area contributed by atoms with Gasteiger partial charge in [-0.25, -0.2) is 0 Å². The van der Waals surface area contributed by atoms with Crippen LogP contribution in [0.1, 0.15) is 30.2 Å². The quantitative estimate of drug-likeness (QED) is 0.349. The first-order valence-corrected chi connectivity index (χ1v) is 13.4. The number of benzene rings is 1. The maximum absolute atomic E-state index is 13.6. The summed E-state index contributed by atoms with van der Waals surface area (Å²) in [6.07, 6.45) is 0.496. The number of rotatable bonds is 14. The van der Waals surface area contributed by atoms with Crippen molar-refractivity contribution in [2.24, 2.45) is 0 Å². The van der Waals surface area contributed by atoms with Gasteiger partial charge in [0.1, 0.15) is 6.04 Å². The highest BCUT2D eigenvalue weighted by atomic mass is 32.1. The first kappa shape index (κ1) is 28.3. The molecule has 10 heteroatoms. The summed E-state index contributed by atoms with van der Waals surface area (Å²) in [5, 5.41) is 1.97. The van der Waals surface area contributed by atoms with Crippen LogP contribution in [0.25, 0.3) is 0 Å². The van der Waals surface area contributed by atoms with Crippen LogP contribution in [-0.4, -0.2) is 90.9 Å². The van der Waals surface area contributed by atoms with Gasteiger partial charge in [-0.1, -0.05) is 36.4 Å². The Kier molecular flexibility index (Phi) is 11.1. The molecule has 37 heavy (non-hydrogen) atoms. The average molecular weight is 530 g/mol. The van der Waals surface area contributed by atoms with Crippen molar-refractivity contribution in [1.29, 1.82) is 0 Å². The Morgan fingerprint density at radius 3 is 2.57 bits per heavy atom. The van der Waals surface area contributed by atoms with E-state index < -0.39 is 6.04 Å². The van der Waals surface area contributed by atoms with Crippen molar-refractivity contribution in [1.82, 2.24) is 14.7 Å². The van der Waals surface area contributed by atoms with Crippen molar-refractivity contribution in [2.45, 2.75) is 38.8 Å². The fraction of sp³-hybridized carbons (Fsp3) is 0.481. The highest BCUT2D eigenvalue weighted by molar-refractivity contribution is 7.09. The van der Waals surface area contributed by atoms with E-state index in [1.807, 2.05) is 47.8 Å². The number of methoxy groups -OCH3 is 1. The zero-order chi connectivity index (χ0) is 26.6. The second-order valence-corrected chi connectivity index (χ2v) is 9.78. The number of esters is 1. The first-order chi connectivity index (χ1) is 17.9. The molecule has 0 radical (unpaired) electrons. The van der Waals surface area contributed by atoms with Crippen LogP contribution in [0.15, 0.2) is 47.8 Å². The van der Waals surface area contributed by atoms with Crippen molar-refractivity contribution in [3.8, 4) is 0 Å². The summed E-state index contributed by atoms with van der Waals surface area (Å²) in [5.41, 5.74) is 0.905. The molecule has 1 fully saturated rings. The lowest BCUT2D eigenvalue weighted by molar-refractivity contribution is -0.158. The number of thiophene rings is 1. The number of piperazine rings is 1. The van der Waals surface area contributed by atoms with E-state index in [0.717, 1.165) is 10.4 Å². The van der Waals surface area contributed by atoms with Gasteiger partial charge in [0.25, 0.3) is 0 Å². The topological polar surface area (TPSA) is 96.5 Å². The summed E-state index contributed by atoms with van der Waals surface area (Å²) >= 11 is 1.59. The average Bonchev–Trinajstić information content (AvgIpc) is 3.41. The number of carbonyl (C=O) groups is 4. The Bertz CT molecular complexity index is 1030. The predicted octanol–water partition coefficient (Wildman–Crippen LogP) is 2.35. The molecular formula is C27H35N3O6S. The number of carbonyl (C=O) groups excluding carboxylic acids is 4. The lowest BCUT2D eigenvalue weighted by Crippen LogP contribution is -2.61. The van der Waals surface area contributed by atoms with Crippen LogP contribution in [0, 0.1) is 0 Å². The van der Waals surface area contributed by atoms with Gasteiger partial charge in [-0.05, 0) is 30.4 Å². The molecule has 0 spiro atoms. The fourth-order valence-corrected chi connectivity index (χ4v) is 4.95. The molecule has 3 rings (SSSR count). The Morgan fingerprint density at radius 2 is 1.89 bits per heavy atom. The predicted molar refractivity (Wildman–Crippen MR) is 140 cm³/mol. The summed E-state index contributed by atoms with van der Waals surface area (Å²) in [5.74, 6) is -1.14. The number of hydrogen-bond acceptors (Lipinski definition) is 7. The van der Waals surface area contributed by atoms with Gasteiger partial charge in [0.15, 0.2) is 0 Å². The zero-order valence-electron chi connectivity index (χ0n) is 21.5. The molecule has 0 aliphatic carbocycles. The van der Waals surface area contributed by atoms with Gasteiger partial charge >= 0.3 is 5.97 Å². The molecule has 1 aliphatic heterocycles. The molecule has 2 aromatic rings. The Morgan fingerprint density at radius 1 is 1.11 bits per heavy atom. The minimum atomic E-state index is -0.911. The third-order valence-corrected chi connectivity index (χ3v) is 7.13. The van der Waals surface area contributed by atoms with E-state index in [1.165, 1.54) is 16.9 Å². The third-order valence-electron chi connectivity index (χ3n) is 6.19. The second-order valence-electron chi connectivity index (χ2n) is 8.74. The summed E-state index contributed by atoms with van der Waals surface area (Å²) in [6.45, 7) is 3.34. The fourth-order valence-electron chi connectivity index (χ4n) is 4.25. The molecule has 1 aromatic heterocycles. The number of nitrogens with zero attached hydrogens (tertiary/aromatic N) is 3. The number of hydrogen-bond donors (Lipinski definition) is 0. The normalized spacial score (nSPS) is 15.7. The van der Waals surface area contributed by atoms with Crippen molar-refractivity contribution < 1.29 is 28.7 Å². The van der Waals surface area contributed by atoms with Gasteiger partial charge in [-0.15, -0.1) is 11.3 Å². The maximum Gasteiger partial charge on any atom is 0.307 e. The summed E-state index contributed by atoms with van der Waals surface area (Å²) in [6, 6.07) is 12.5. The van der Waals surface area contributed by atoms with E-state index in [-0.39, 0.29) is 69.3 Å². The van der Waals surface area contributed by atoms with Crippen LogP contribution >= 0.6 is 11.3 Å². The molecule has 0 N–H and O–H groups in total. The summed E-state index contributed by atoms with van der Waals surface area (Å²) in [7, 11) is 1.54. The molecule has 200 valence electrons. The lowest BCUT2D eigenvalue weighted by atomic mass is 10.0. The van der Waals surface area contributed by atoms with Crippen LogP contribution in [0.3, 0.4) is 0 Å². The van der Waals surface area contributed by atoms with E-state index in [1.54, 1.807) is 23.2 Å². The van der Waals surface area contributed by atoms with Crippen molar-refractivity contribution in [3.63, 3.8) is 0 Å². The molecular weight excluding hydrogens is 494 g/mol. The molecule has 1 saturated heterocycles. The number of ether oxygens (including phenoxy) is 2. The third kappa shape index (κ3) is 8.40. The second kappa shape index (κ2) is 14.5. The molecule has 1 aromatic carbocycles. The largest absolute Gasteiger partial charge is 0.466 e. The van der Waals surface area contributed by atoms with Gasteiger partial charge in [-0.3, -0.25) is 19.2 Å². The van der Waals surface area contributed by atoms with E-state index in [2.05, 4.69) is 0 Å². The monoisotopic (exact) mass is 529 g/mol. The lowest BCUT2D eigenvalue weighted by Gasteiger charge is -2.40. The molecule has 1 aliphatic rings. The van der Waals surface area contributed by atoms with E-state index in [9.17, 15) is 19.2 Å². The van der Waals surface area contributed by atoms with E-state index in [4.69, 9.17) is 9.47 Å². The van der Waals surface area contributed by atoms with Crippen LogP contribution in [0.2, 0.25) is 0 Å². The molecule has 0 bridgehead atoms. The summed E-state index contributed by atoms with van der Waals surface area (Å²) < 4.78 is 10.1. The summed E-state index contributed by atoms with van der Waals surface area (Å²) in [4.78, 5) is 57.8. The SMILES string of the molecule is CCOC(=O)CCN(Cc1ccccc1)C(=O)CC1C(=O)N(CCOC)CC(=O)N1CCc1cccs1. The molecule has 0 saturated carbocycles. The van der Waals surface area contributed by atoms with Gasteiger partial charge < -0.3 is 24.2 Å². The zero-order valence-corrected chi connectivity index (χ0v) is 22.3. The Labute approximate surface area is 221 Å².